The number of aliphatic hydroxyl groups is 5. The summed E-state index contributed by atoms with van der Waals surface area (Å²) in [6, 6.07) is 16.0. The fraction of sp³-hybridized carbons (Fsp3) is 0.500. The van der Waals surface area contributed by atoms with Crippen LogP contribution in [-0.4, -0.2) is 106 Å². The van der Waals surface area contributed by atoms with Crippen LogP contribution < -0.4 is 15.4 Å². The van der Waals surface area contributed by atoms with E-state index < -0.39 is 37.1 Å². The van der Waals surface area contributed by atoms with E-state index in [1.54, 1.807) is 11.8 Å². The topological polar surface area (TPSA) is 174 Å². The highest BCUT2D eigenvalue weighted by Gasteiger charge is 2.45. The van der Waals surface area contributed by atoms with Gasteiger partial charge in [-0.05, 0) is 91.0 Å². The Kier molecular flexibility index (Phi) is 13.6. The van der Waals surface area contributed by atoms with Crippen molar-refractivity contribution in [2.45, 2.75) is 79.4 Å². The van der Waals surface area contributed by atoms with E-state index in [2.05, 4.69) is 45.9 Å². The molecule has 2 aliphatic rings. The lowest BCUT2D eigenvalue weighted by atomic mass is 9.85. The minimum atomic E-state index is -1.75. The van der Waals surface area contributed by atoms with Gasteiger partial charge in [-0.1, -0.05) is 29.8 Å². The van der Waals surface area contributed by atoms with Crippen LogP contribution in [-0.2, 0) is 16.6 Å². The summed E-state index contributed by atoms with van der Waals surface area (Å²) in [5.41, 5.74) is 4.78. The molecule has 0 spiro atoms. The van der Waals surface area contributed by atoms with Crippen molar-refractivity contribution in [3.05, 3.63) is 77.1 Å². The second kappa shape index (κ2) is 17.8. The molecule has 0 radical (unpaired) electrons. The number of amides is 2. The molecule has 0 unspecified atom stereocenters. The molecule has 2 saturated carbocycles. The smallest absolute Gasteiger partial charge is 0.314 e. The summed E-state index contributed by atoms with van der Waals surface area (Å²) < 4.78 is 11.9. The normalized spacial score (nSPS) is 17.5. The third-order valence-corrected chi connectivity index (χ3v) is 10.3. The van der Waals surface area contributed by atoms with Crippen LogP contribution in [0.4, 0.5) is 4.79 Å². The third kappa shape index (κ3) is 10.5. The van der Waals surface area contributed by atoms with Crippen molar-refractivity contribution in [3.63, 3.8) is 0 Å². The van der Waals surface area contributed by atoms with Gasteiger partial charge < -0.3 is 45.6 Å². The molecule has 1 aromatic heterocycles. The molecule has 13 heteroatoms. The number of urea groups is 1. The number of nitrogens with zero attached hydrogens (tertiary/aromatic N) is 1. The zero-order valence-electron chi connectivity index (χ0n) is 27.3. The van der Waals surface area contributed by atoms with Crippen molar-refractivity contribution in [1.82, 2.24) is 15.6 Å². The first-order valence-electron chi connectivity index (χ1n) is 16.7. The zero-order valence-corrected chi connectivity index (χ0v) is 28.9. The second-order valence-electron chi connectivity index (χ2n) is 12.7. The Balaban J connectivity index is 1.04. The maximum absolute atomic E-state index is 11.9. The molecule has 0 saturated heterocycles. The Morgan fingerprint density at radius 2 is 1.78 bits per heavy atom. The molecule has 5 rings (SSSR count). The monoisotopic (exact) mass is 715 g/mol. The molecule has 1 heterocycles. The summed E-state index contributed by atoms with van der Waals surface area (Å²) in [5.74, 6) is 1.65. The Bertz CT molecular complexity index is 1530. The lowest BCUT2D eigenvalue weighted by Crippen LogP contribution is -2.50. The fourth-order valence-electron chi connectivity index (χ4n) is 5.72. The van der Waals surface area contributed by atoms with Gasteiger partial charge in [-0.3, -0.25) is 4.98 Å². The maximum Gasteiger partial charge on any atom is 0.314 e. The Morgan fingerprint density at radius 3 is 2.53 bits per heavy atom. The summed E-state index contributed by atoms with van der Waals surface area (Å²) in [4.78, 5) is 17.6. The molecular weight excluding hydrogens is 670 g/mol. The number of halogens is 1. The number of benzene rings is 2. The first kappa shape index (κ1) is 37.3. The summed E-state index contributed by atoms with van der Waals surface area (Å²) >= 11 is 8.34. The number of carbonyl (C=O) groups excluding carboxylic acids is 1. The van der Waals surface area contributed by atoms with Gasteiger partial charge in [0.25, 0.3) is 0 Å². The van der Waals surface area contributed by atoms with Gasteiger partial charge in [0, 0.05) is 46.7 Å². The number of thioether (sulfide) groups is 1. The van der Waals surface area contributed by atoms with Gasteiger partial charge in [0.1, 0.15) is 24.1 Å². The number of hydrogen-bond donors (Lipinski definition) is 7. The van der Waals surface area contributed by atoms with Gasteiger partial charge in [-0.25, -0.2) is 4.79 Å². The lowest BCUT2D eigenvalue weighted by molar-refractivity contribution is -0.113. The van der Waals surface area contributed by atoms with Crippen LogP contribution in [0.5, 0.6) is 5.75 Å². The van der Waals surface area contributed by atoms with E-state index in [4.69, 9.17) is 26.2 Å². The minimum Gasteiger partial charge on any atom is -0.490 e. The van der Waals surface area contributed by atoms with E-state index in [1.807, 2.05) is 30.6 Å². The number of rotatable bonds is 20. The molecule has 2 aromatic carbocycles. The van der Waals surface area contributed by atoms with Gasteiger partial charge in [0.05, 0.1) is 32.0 Å². The zero-order chi connectivity index (χ0) is 34.8. The number of nitrogens with one attached hydrogen (secondary N) is 2. The van der Waals surface area contributed by atoms with Gasteiger partial charge in [0.15, 0.2) is 0 Å². The average Bonchev–Trinajstić information content (AvgIpc) is 4.07. The number of hydrogen-bond acceptors (Lipinski definition) is 10. The van der Waals surface area contributed by atoms with E-state index in [-0.39, 0.29) is 25.1 Å². The van der Waals surface area contributed by atoms with Gasteiger partial charge in [0.2, 0.25) is 0 Å². The lowest BCUT2D eigenvalue weighted by Gasteiger charge is -2.25. The predicted octanol–water partition coefficient (Wildman–Crippen LogP) is 3.45. The number of aromatic nitrogens is 1. The molecule has 7 N–H and O–H groups in total. The Labute approximate surface area is 296 Å². The van der Waals surface area contributed by atoms with E-state index in [1.165, 1.54) is 11.1 Å². The number of ether oxygens (including phenoxy) is 2. The first-order chi connectivity index (χ1) is 23.7. The van der Waals surface area contributed by atoms with Crippen LogP contribution in [0, 0.1) is 0 Å². The minimum absolute atomic E-state index is 0.0644. The Hall–Kier alpha value is -2.94. The van der Waals surface area contributed by atoms with E-state index in [0.717, 1.165) is 65.3 Å². The third-order valence-electron chi connectivity index (χ3n) is 8.96. The standard InChI is InChI=1S/C36H46ClN3O8S/c37-29-8-7-25(49-18-17-47-16-15-39-35(46)40-21-30(42)33(44)34(45)31(43)22-41)19-23(29)9-11-36(12-13-36)28-20-38-14-10-26(28)27-3-1-2-4-32(27)48-24-5-6-24/h1-4,7-8,10,14,19-20,24,30-31,33-34,41-45H,5-6,9,11-13,15-18,21-22H2,(H2,39,40,46)/t30-,31+,33+,34+/m0/s1. The van der Waals surface area contributed by atoms with Crippen molar-refractivity contribution >= 4 is 29.4 Å². The number of aryl methyl sites for hydroxylation is 1. The molecule has 266 valence electrons. The molecule has 11 nitrogen and oxygen atoms in total. The Morgan fingerprint density at radius 1 is 1.00 bits per heavy atom. The summed E-state index contributed by atoms with van der Waals surface area (Å²) in [5, 5.41) is 53.3. The summed E-state index contributed by atoms with van der Waals surface area (Å²) in [6.07, 6.45) is 3.87. The molecular formula is C36H46ClN3O8S. The van der Waals surface area contributed by atoms with Crippen LogP contribution >= 0.6 is 23.4 Å². The highest BCUT2D eigenvalue weighted by molar-refractivity contribution is 7.99. The van der Waals surface area contributed by atoms with Crippen molar-refractivity contribution in [3.8, 4) is 16.9 Å². The van der Waals surface area contributed by atoms with Crippen molar-refractivity contribution < 1.29 is 39.8 Å². The molecule has 49 heavy (non-hydrogen) atoms. The number of aliphatic hydroxyl groups excluding tert-OH is 5. The average molecular weight is 716 g/mol. The van der Waals surface area contributed by atoms with Gasteiger partial charge >= 0.3 is 6.03 Å². The summed E-state index contributed by atoms with van der Waals surface area (Å²) in [7, 11) is 0. The highest BCUT2D eigenvalue weighted by Crippen LogP contribution is 2.55. The van der Waals surface area contributed by atoms with Crippen LogP contribution in [0.2, 0.25) is 5.02 Å². The highest BCUT2D eigenvalue weighted by atomic mass is 35.5. The van der Waals surface area contributed by atoms with Crippen molar-refractivity contribution in [1.29, 1.82) is 0 Å². The maximum atomic E-state index is 11.9. The molecule has 2 amide bonds. The van der Waals surface area contributed by atoms with Gasteiger partial charge in [-0.15, -0.1) is 11.8 Å². The van der Waals surface area contributed by atoms with E-state index in [0.29, 0.717) is 18.5 Å². The number of pyridine rings is 1. The fourth-order valence-corrected chi connectivity index (χ4v) is 6.76. The molecule has 4 atom stereocenters. The van der Waals surface area contributed by atoms with E-state index in [9.17, 15) is 25.2 Å². The number of para-hydroxylation sites is 1. The molecule has 2 aliphatic carbocycles. The number of carbonyl (C=O) groups is 1. The SMILES string of the molecule is O=C(NCCOCCSc1ccc(Cl)c(CCC2(c3cnccc3-c3ccccc3OC3CC3)CC2)c1)NC[C@H](O)[C@@H](O)[C@H](O)[C@H](O)CO. The first-order valence-corrected chi connectivity index (χ1v) is 18.1. The van der Waals surface area contributed by atoms with Crippen LogP contribution in [0.25, 0.3) is 11.1 Å². The van der Waals surface area contributed by atoms with Gasteiger partial charge in [-0.2, -0.15) is 0 Å². The molecule has 3 aromatic rings. The molecule has 2 fully saturated rings. The quantitative estimate of drug-likeness (QED) is 0.0679. The molecule has 0 bridgehead atoms. The van der Waals surface area contributed by atoms with Crippen LogP contribution in [0.1, 0.15) is 43.2 Å². The summed E-state index contributed by atoms with van der Waals surface area (Å²) in [6.45, 7) is -0.159. The molecule has 0 aliphatic heterocycles. The predicted molar refractivity (Wildman–Crippen MR) is 188 cm³/mol. The van der Waals surface area contributed by atoms with Crippen molar-refractivity contribution in [2.24, 2.45) is 0 Å². The van der Waals surface area contributed by atoms with Crippen LogP contribution in [0.15, 0.2) is 65.8 Å². The van der Waals surface area contributed by atoms with Crippen molar-refractivity contribution in [2.75, 3.05) is 38.7 Å². The van der Waals surface area contributed by atoms with Crippen LogP contribution in [0.3, 0.4) is 0 Å². The second-order valence-corrected chi connectivity index (χ2v) is 14.2. The van der Waals surface area contributed by atoms with E-state index >= 15 is 0 Å². The largest absolute Gasteiger partial charge is 0.490 e.